The van der Waals surface area contributed by atoms with Crippen molar-refractivity contribution in [1.82, 2.24) is 5.32 Å². The zero-order chi connectivity index (χ0) is 22.2. The monoisotopic (exact) mass is 426 g/mol. The Morgan fingerprint density at radius 3 is 2.61 bits per heavy atom. The lowest BCUT2D eigenvalue weighted by Gasteiger charge is -2.14. The number of carbonyl (C=O) groups is 2. The number of nitrogens with two attached hydrogens (primary N) is 1. The molecule has 3 rings (SSSR count). The highest BCUT2D eigenvalue weighted by molar-refractivity contribution is 5.82. The van der Waals surface area contributed by atoms with Crippen LogP contribution in [0, 0.1) is 5.82 Å². The SMILES string of the molecule is COc1ccc2c(c1)CCC2NC(=O)CCCCCCC(=O)Cc1ccc(F)cc1N. The Labute approximate surface area is 183 Å². The van der Waals surface area contributed by atoms with Crippen LogP contribution in [0.2, 0.25) is 0 Å². The third-order valence-corrected chi connectivity index (χ3v) is 5.87. The number of hydrogen-bond acceptors (Lipinski definition) is 4. The van der Waals surface area contributed by atoms with Gasteiger partial charge in [0.2, 0.25) is 5.91 Å². The van der Waals surface area contributed by atoms with Gasteiger partial charge < -0.3 is 15.8 Å². The first-order chi connectivity index (χ1) is 15.0. The van der Waals surface area contributed by atoms with Crippen LogP contribution in [0.15, 0.2) is 36.4 Å². The average molecular weight is 427 g/mol. The van der Waals surface area contributed by atoms with E-state index in [1.54, 1.807) is 13.2 Å². The first-order valence-corrected chi connectivity index (χ1v) is 11.0. The van der Waals surface area contributed by atoms with Crippen molar-refractivity contribution in [2.75, 3.05) is 12.8 Å². The van der Waals surface area contributed by atoms with Gasteiger partial charge in [0, 0.05) is 24.9 Å². The quantitative estimate of drug-likeness (QED) is 0.404. The van der Waals surface area contributed by atoms with E-state index in [2.05, 4.69) is 5.32 Å². The van der Waals surface area contributed by atoms with Crippen molar-refractivity contribution in [2.24, 2.45) is 0 Å². The number of hydrogen-bond donors (Lipinski definition) is 2. The van der Waals surface area contributed by atoms with Crippen molar-refractivity contribution in [3.8, 4) is 5.75 Å². The minimum absolute atomic E-state index is 0.0801. The van der Waals surface area contributed by atoms with Crippen LogP contribution in [-0.4, -0.2) is 18.8 Å². The molecule has 1 amide bonds. The third kappa shape index (κ3) is 6.54. The Hall–Kier alpha value is -2.89. The van der Waals surface area contributed by atoms with Gasteiger partial charge in [0.25, 0.3) is 0 Å². The topological polar surface area (TPSA) is 81.4 Å². The molecule has 1 unspecified atom stereocenters. The fourth-order valence-corrected chi connectivity index (χ4v) is 4.13. The van der Waals surface area contributed by atoms with Gasteiger partial charge in [-0.1, -0.05) is 25.0 Å². The summed E-state index contributed by atoms with van der Waals surface area (Å²) in [6.07, 6.45) is 6.52. The summed E-state index contributed by atoms with van der Waals surface area (Å²) in [5.74, 6) is 0.643. The lowest BCUT2D eigenvalue weighted by Crippen LogP contribution is -2.26. The molecule has 0 saturated heterocycles. The number of unbranched alkanes of at least 4 members (excludes halogenated alkanes) is 3. The highest BCUT2D eigenvalue weighted by Gasteiger charge is 2.24. The number of anilines is 1. The van der Waals surface area contributed by atoms with E-state index in [4.69, 9.17) is 10.5 Å². The maximum atomic E-state index is 13.1. The molecule has 6 heteroatoms. The molecule has 0 aliphatic heterocycles. The number of aryl methyl sites for hydroxylation is 1. The number of ketones is 1. The normalized spacial score (nSPS) is 14.8. The van der Waals surface area contributed by atoms with Crippen molar-refractivity contribution in [3.63, 3.8) is 0 Å². The predicted molar refractivity (Wildman–Crippen MR) is 119 cm³/mol. The average Bonchev–Trinajstić information content (AvgIpc) is 3.14. The Morgan fingerprint density at radius 2 is 1.87 bits per heavy atom. The first-order valence-electron chi connectivity index (χ1n) is 11.0. The molecule has 0 saturated carbocycles. The molecule has 1 aliphatic rings. The van der Waals surface area contributed by atoms with Gasteiger partial charge in [-0.25, -0.2) is 4.39 Å². The van der Waals surface area contributed by atoms with Gasteiger partial charge in [0.1, 0.15) is 17.3 Å². The fraction of sp³-hybridized carbons (Fsp3) is 0.440. The summed E-state index contributed by atoms with van der Waals surface area (Å²) in [5.41, 5.74) is 9.19. The van der Waals surface area contributed by atoms with Crippen molar-refractivity contribution in [3.05, 3.63) is 58.9 Å². The van der Waals surface area contributed by atoms with Crippen LogP contribution in [-0.2, 0) is 22.4 Å². The Bertz CT molecular complexity index is 929. The molecule has 0 fully saturated rings. The Balaban J connectivity index is 1.29. The second kappa shape index (κ2) is 10.9. The van der Waals surface area contributed by atoms with Crippen molar-refractivity contribution in [1.29, 1.82) is 0 Å². The number of fused-ring (bicyclic) bond motifs is 1. The van der Waals surface area contributed by atoms with E-state index in [0.29, 0.717) is 24.1 Å². The molecule has 0 bridgehead atoms. The first kappa shape index (κ1) is 22.8. The zero-order valence-electron chi connectivity index (χ0n) is 18.1. The van der Waals surface area contributed by atoms with Crippen LogP contribution in [0.25, 0.3) is 0 Å². The summed E-state index contributed by atoms with van der Waals surface area (Å²) in [5, 5.41) is 3.15. The van der Waals surface area contributed by atoms with Crippen LogP contribution in [0.3, 0.4) is 0 Å². The second-order valence-corrected chi connectivity index (χ2v) is 8.20. The Kier molecular flexibility index (Phi) is 8.04. The van der Waals surface area contributed by atoms with E-state index in [0.717, 1.165) is 44.3 Å². The van der Waals surface area contributed by atoms with Gasteiger partial charge in [0.15, 0.2) is 0 Å². The lowest BCUT2D eigenvalue weighted by molar-refractivity contribution is -0.122. The summed E-state index contributed by atoms with van der Waals surface area (Å²) in [4.78, 5) is 24.4. The second-order valence-electron chi connectivity index (χ2n) is 8.20. The van der Waals surface area contributed by atoms with Crippen molar-refractivity contribution >= 4 is 17.4 Å². The highest BCUT2D eigenvalue weighted by Crippen LogP contribution is 2.33. The number of amides is 1. The van der Waals surface area contributed by atoms with Gasteiger partial charge >= 0.3 is 0 Å². The molecular weight excluding hydrogens is 395 g/mol. The lowest BCUT2D eigenvalue weighted by atomic mass is 10.0. The van der Waals surface area contributed by atoms with Crippen LogP contribution >= 0.6 is 0 Å². The summed E-state index contributed by atoms with van der Waals surface area (Å²) >= 11 is 0. The molecule has 1 atom stereocenters. The fourth-order valence-electron chi connectivity index (χ4n) is 4.13. The van der Waals surface area contributed by atoms with Crippen LogP contribution < -0.4 is 15.8 Å². The maximum absolute atomic E-state index is 13.1. The molecule has 166 valence electrons. The number of ether oxygens (including phenoxy) is 1. The number of methoxy groups -OCH3 is 1. The number of Topliss-reactive ketones (excluding diaryl/α,β-unsaturated/α-hetero) is 1. The number of carbonyl (C=O) groups excluding carboxylic acids is 2. The van der Waals surface area contributed by atoms with E-state index in [1.807, 2.05) is 18.2 Å². The molecule has 5 nitrogen and oxygen atoms in total. The van der Waals surface area contributed by atoms with E-state index in [9.17, 15) is 14.0 Å². The van der Waals surface area contributed by atoms with E-state index in [-0.39, 0.29) is 24.2 Å². The minimum Gasteiger partial charge on any atom is -0.497 e. The van der Waals surface area contributed by atoms with E-state index in [1.165, 1.54) is 23.3 Å². The van der Waals surface area contributed by atoms with Crippen LogP contribution in [0.4, 0.5) is 10.1 Å². The maximum Gasteiger partial charge on any atom is 0.220 e. The number of benzene rings is 2. The molecule has 2 aromatic rings. The van der Waals surface area contributed by atoms with Gasteiger partial charge in [-0.3, -0.25) is 9.59 Å². The van der Waals surface area contributed by atoms with Gasteiger partial charge in [-0.15, -0.1) is 0 Å². The minimum atomic E-state index is -0.393. The van der Waals surface area contributed by atoms with Gasteiger partial charge in [0.05, 0.1) is 13.2 Å². The summed E-state index contributed by atoms with van der Waals surface area (Å²) < 4.78 is 18.3. The zero-order valence-corrected chi connectivity index (χ0v) is 18.1. The molecule has 0 heterocycles. The van der Waals surface area contributed by atoms with Crippen molar-refractivity contribution in [2.45, 2.75) is 63.8 Å². The van der Waals surface area contributed by atoms with Gasteiger partial charge in [-0.2, -0.15) is 0 Å². The van der Waals surface area contributed by atoms with Gasteiger partial charge in [-0.05, 0) is 66.6 Å². The number of nitrogens with one attached hydrogen (secondary N) is 1. The molecule has 0 aromatic heterocycles. The Morgan fingerprint density at radius 1 is 1.10 bits per heavy atom. The van der Waals surface area contributed by atoms with Crippen molar-refractivity contribution < 1.29 is 18.7 Å². The predicted octanol–water partition coefficient (Wildman–Crippen LogP) is 4.67. The van der Waals surface area contributed by atoms with E-state index >= 15 is 0 Å². The standard InChI is InChI=1S/C25H31FN2O3/c1-31-21-11-12-22-17(15-21)9-13-24(22)28-25(30)7-5-3-2-4-6-20(29)14-18-8-10-19(26)16-23(18)27/h8,10-12,15-16,24H,2-7,9,13-14,27H2,1H3,(H,28,30). The number of halogens is 1. The van der Waals surface area contributed by atoms with E-state index < -0.39 is 5.82 Å². The third-order valence-electron chi connectivity index (χ3n) is 5.87. The highest BCUT2D eigenvalue weighted by atomic mass is 19.1. The molecule has 1 aliphatic carbocycles. The smallest absolute Gasteiger partial charge is 0.220 e. The molecule has 0 radical (unpaired) electrons. The summed E-state index contributed by atoms with van der Waals surface area (Å²) in [6, 6.07) is 10.3. The van der Waals surface area contributed by atoms with Crippen LogP contribution in [0.1, 0.15) is 67.7 Å². The molecule has 3 N–H and O–H groups in total. The molecule has 0 spiro atoms. The molecule has 2 aromatic carbocycles. The molecule has 31 heavy (non-hydrogen) atoms. The molecular formula is C25H31FN2O3. The summed E-state index contributed by atoms with van der Waals surface area (Å²) in [7, 11) is 1.66. The number of rotatable bonds is 11. The van der Waals surface area contributed by atoms with Crippen LogP contribution in [0.5, 0.6) is 5.75 Å². The number of nitrogen functional groups attached to an aromatic ring is 1. The summed E-state index contributed by atoms with van der Waals surface area (Å²) in [6.45, 7) is 0. The largest absolute Gasteiger partial charge is 0.497 e.